The molecule has 0 aliphatic rings. The SMILES string of the molecule is COc1cccc(Cl)c1CNS(=O)(=O)C(C)C. The maximum atomic E-state index is 11.6. The largest absolute Gasteiger partial charge is 0.496 e. The molecule has 0 heterocycles. The summed E-state index contributed by atoms with van der Waals surface area (Å²) in [5.41, 5.74) is 0.640. The number of nitrogens with one attached hydrogen (secondary N) is 1. The van der Waals surface area contributed by atoms with Crippen molar-refractivity contribution in [2.45, 2.75) is 25.6 Å². The van der Waals surface area contributed by atoms with Crippen LogP contribution in [0.5, 0.6) is 5.75 Å². The Bertz CT molecular complexity index is 485. The number of sulfonamides is 1. The Balaban J connectivity index is 2.90. The van der Waals surface area contributed by atoms with E-state index in [1.807, 2.05) is 0 Å². The van der Waals surface area contributed by atoms with Gasteiger partial charge in [-0.3, -0.25) is 0 Å². The molecule has 0 saturated heterocycles. The summed E-state index contributed by atoms with van der Waals surface area (Å²) in [6.07, 6.45) is 0. The average molecular weight is 278 g/mol. The number of hydrogen-bond acceptors (Lipinski definition) is 3. The first-order chi connectivity index (χ1) is 7.88. The highest BCUT2D eigenvalue weighted by Crippen LogP contribution is 2.26. The van der Waals surface area contributed by atoms with Crippen LogP contribution in [-0.2, 0) is 16.6 Å². The quantitative estimate of drug-likeness (QED) is 0.897. The van der Waals surface area contributed by atoms with Gasteiger partial charge in [0, 0.05) is 17.1 Å². The molecule has 6 heteroatoms. The Morgan fingerprint density at radius 1 is 1.41 bits per heavy atom. The Labute approximate surface area is 107 Å². The van der Waals surface area contributed by atoms with E-state index in [1.165, 1.54) is 7.11 Å². The van der Waals surface area contributed by atoms with E-state index in [1.54, 1.807) is 32.0 Å². The zero-order valence-electron chi connectivity index (χ0n) is 10.0. The molecule has 96 valence electrons. The molecule has 0 saturated carbocycles. The molecule has 0 amide bonds. The Kier molecular flexibility index (Phi) is 4.80. The van der Waals surface area contributed by atoms with Crippen LogP contribution in [0.2, 0.25) is 5.02 Å². The highest BCUT2D eigenvalue weighted by molar-refractivity contribution is 7.90. The molecular weight excluding hydrogens is 262 g/mol. The van der Waals surface area contributed by atoms with Gasteiger partial charge in [0.1, 0.15) is 5.75 Å². The van der Waals surface area contributed by atoms with Crippen molar-refractivity contribution in [1.29, 1.82) is 0 Å². The van der Waals surface area contributed by atoms with Gasteiger partial charge in [-0.15, -0.1) is 0 Å². The van der Waals surface area contributed by atoms with E-state index in [9.17, 15) is 8.42 Å². The number of ether oxygens (including phenoxy) is 1. The van der Waals surface area contributed by atoms with Crippen molar-refractivity contribution in [3.05, 3.63) is 28.8 Å². The third kappa shape index (κ3) is 3.59. The minimum absolute atomic E-state index is 0.128. The molecule has 4 nitrogen and oxygen atoms in total. The van der Waals surface area contributed by atoms with Gasteiger partial charge in [0.25, 0.3) is 0 Å². The predicted molar refractivity (Wildman–Crippen MR) is 68.9 cm³/mol. The second kappa shape index (κ2) is 5.71. The Morgan fingerprint density at radius 3 is 2.59 bits per heavy atom. The van der Waals surface area contributed by atoms with Gasteiger partial charge in [0.15, 0.2) is 0 Å². The van der Waals surface area contributed by atoms with E-state index >= 15 is 0 Å². The van der Waals surface area contributed by atoms with E-state index < -0.39 is 15.3 Å². The summed E-state index contributed by atoms with van der Waals surface area (Å²) in [6, 6.07) is 5.19. The van der Waals surface area contributed by atoms with Gasteiger partial charge in [-0.1, -0.05) is 17.7 Å². The van der Waals surface area contributed by atoms with Crippen molar-refractivity contribution in [2.24, 2.45) is 0 Å². The van der Waals surface area contributed by atoms with Crippen molar-refractivity contribution in [2.75, 3.05) is 7.11 Å². The fourth-order valence-electron chi connectivity index (χ4n) is 1.24. The van der Waals surface area contributed by atoms with E-state index in [0.29, 0.717) is 16.3 Å². The molecule has 1 N–H and O–H groups in total. The number of rotatable bonds is 5. The van der Waals surface area contributed by atoms with Crippen molar-refractivity contribution in [3.8, 4) is 5.75 Å². The summed E-state index contributed by atoms with van der Waals surface area (Å²) in [4.78, 5) is 0. The topological polar surface area (TPSA) is 55.4 Å². The second-order valence-corrected chi connectivity index (χ2v) is 6.56. The first kappa shape index (κ1) is 14.3. The Morgan fingerprint density at radius 2 is 2.06 bits per heavy atom. The summed E-state index contributed by atoms with van der Waals surface area (Å²) in [5, 5.41) is 0.00629. The number of hydrogen-bond donors (Lipinski definition) is 1. The van der Waals surface area contributed by atoms with Gasteiger partial charge < -0.3 is 4.74 Å². The van der Waals surface area contributed by atoms with Crippen molar-refractivity contribution in [3.63, 3.8) is 0 Å². The summed E-state index contributed by atoms with van der Waals surface area (Å²) < 4.78 is 30.9. The van der Waals surface area contributed by atoms with Crippen molar-refractivity contribution >= 4 is 21.6 Å². The van der Waals surface area contributed by atoms with Crippen LogP contribution in [0.15, 0.2) is 18.2 Å². The minimum Gasteiger partial charge on any atom is -0.496 e. The van der Waals surface area contributed by atoms with Gasteiger partial charge in [0.2, 0.25) is 10.0 Å². The van der Waals surface area contributed by atoms with Gasteiger partial charge in [0.05, 0.1) is 12.4 Å². The van der Waals surface area contributed by atoms with Crippen LogP contribution in [0.1, 0.15) is 19.4 Å². The predicted octanol–water partition coefficient (Wildman–Crippen LogP) is 2.18. The lowest BCUT2D eigenvalue weighted by atomic mass is 10.2. The van der Waals surface area contributed by atoms with Gasteiger partial charge in [-0.25, -0.2) is 13.1 Å². The number of halogens is 1. The molecule has 0 aromatic heterocycles. The molecular formula is C11H16ClNO3S. The van der Waals surface area contributed by atoms with Crippen LogP contribution in [0.3, 0.4) is 0 Å². The molecule has 0 unspecified atom stereocenters. The van der Waals surface area contributed by atoms with Crippen molar-refractivity contribution in [1.82, 2.24) is 4.72 Å². The first-order valence-electron chi connectivity index (χ1n) is 5.18. The molecule has 0 aliphatic carbocycles. The van der Waals surface area contributed by atoms with E-state index in [2.05, 4.69) is 4.72 Å². The zero-order chi connectivity index (χ0) is 13.1. The van der Waals surface area contributed by atoms with Crippen LogP contribution >= 0.6 is 11.6 Å². The molecule has 0 bridgehead atoms. The molecule has 1 aromatic carbocycles. The second-order valence-electron chi connectivity index (χ2n) is 3.84. The maximum absolute atomic E-state index is 11.6. The molecule has 0 spiro atoms. The molecule has 0 aliphatic heterocycles. The first-order valence-corrected chi connectivity index (χ1v) is 7.10. The molecule has 17 heavy (non-hydrogen) atoms. The highest BCUT2D eigenvalue weighted by Gasteiger charge is 2.17. The molecule has 1 aromatic rings. The van der Waals surface area contributed by atoms with Gasteiger partial charge in [-0.2, -0.15) is 0 Å². The van der Waals surface area contributed by atoms with Gasteiger partial charge in [-0.05, 0) is 26.0 Å². The lowest BCUT2D eigenvalue weighted by Crippen LogP contribution is -2.30. The smallest absolute Gasteiger partial charge is 0.214 e. The standard InChI is InChI=1S/C11H16ClNO3S/c1-8(2)17(14,15)13-7-9-10(12)5-4-6-11(9)16-3/h4-6,8,13H,7H2,1-3H3. The van der Waals surface area contributed by atoms with E-state index in [0.717, 1.165) is 0 Å². The monoisotopic (exact) mass is 277 g/mol. The van der Waals surface area contributed by atoms with Gasteiger partial charge >= 0.3 is 0 Å². The molecule has 0 atom stereocenters. The van der Waals surface area contributed by atoms with E-state index in [-0.39, 0.29) is 6.54 Å². The number of benzene rings is 1. The fraction of sp³-hybridized carbons (Fsp3) is 0.455. The van der Waals surface area contributed by atoms with Crippen LogP contribution in [-0.4, -0.2) is 20.8 Å². The third-order valence-electron chi connectivity index (χ3n) is 2.37. The summed E-state index contributed by atoms with van der Waals surface area (Å²) in [7, 11) is -1.78. The van der Waals surface area contributed by atoms with Crippen molar-refractivity contribution < 1.29 is 13.2 Å². The summed E-state index contributed by atoms with van der Waals surface area (Å²) >= 11 is 6.00. The minimum atomic E-state index is -3.30. The lowest BCUT2D eigenvalue weighted by Gasteiger charge is -2.13. The van der Waals surface area contributed by atoms with Crippen LogP contribution in [0.25, 0.3) is 0 Å². The lowest BCUT2D eigenvalue weighted by molar-refractivity contribution is 0.409. The number of methoxy groups -OCH3 is 1. The molecule has 0 radical (unpaired) electrons. The average Bonchev–Trinajstić information content (AvgIpc) is 2.26. The third-order valence-corrected chi connectivity index (χ3v) is 4.51. The highest BCUT2D eigenvalue weighted by atomic mass is 35.5. The molecule has 0 fully saturated rings. The fourth-order valence-corrected chi connectivity index (χ4v) is 2.15. The van der Waals surface area contributed by atoms with Crippen LogP contribution < -0.4 is 9.46 Å². The summed E-state index contributed by atoms with van der Waals surface area (Å²) in [6.45, 7) is 3.36. The van der Waals surface area contributed by atoms with E-state index in [4.69, 9.17) is 16.3 Å². The van der Waals surface area contributed by atoms with Crippen LogP contribution in [0.4, 0.5) is 0 Å². The maximum Gasteiger partial charge on any atom is 0.214 e. The summed E-state index contributed by atoms with van der Waals surface area (Å²) in [5.74, 6) is 0.573. The molecule has 1 rings (SSSR count). The zero-order valence-corrected chi connectivity index (χ0v) is 11.6. The van der Waals surface area contributed by atoms with Crippen LogP contribution in [0, 0.1) is 0 Å². The Hall–Kier alpha value is -0.780. The normalized spacial score (nSPS) is 11.8.